The van der Waals surface area contributed by atoms with Gasteiger partial charge in [-0.25, -0.2) is 4.39 Å². The second-order valence-electron chi connectivity index (χ2n) is 4.32. The highest BCUT2D eigenvalue weighted by atomic mass is 35.5. The number of nitrogens with one attached hydrogen (secondary N) is 1. The van der Waals surface area contributed by atoms with Gasteiger partial charge in [-0.05, 0) is 19.1 Å². The van der Waals surface area contributed by atoms with Crippen LogP contribution in [0.4, 0.5) is 15.9 Å². The zero-order valence-corrected chi connectivity index (χ0v) is 12.0. The van der Waals surface area contributed by atoms with Crippen molar-refractivity contribution >= 4 is 28.9 Å². The van der Waals surface area contributed by atoms with Gasteiger partial charge in [0.25, 0.3) is 5.78 Å². The number of benzene rings is 1. The van der Waals surface area contributed by atoms with E-state index >= 15 is 0 Å². The molecule has 8 heteroatoms. The number of ether oxygens (including phenoxy) is 1. The number of hydrogen-bond acceptors (Lipinski definition) is 5. The van der Waals surface area contributed by atoms with Gasteiger partial charge in [0.15, 0.2) is 11.6 Å². The molecule has 21 heavy (non-hydrogen) atoms. The summed E-state index contributed by atoms with van der Waals surface area (Å²) in [5.41, 5.74) is 1.22. The summed E-state index contributed by atoms with van der Waals surface area (Å²) in [6, 6.07) is 4.56. The Kier molecular flexibility index (Phi) is 3.34. The zero-order valence-electron chi connectivity index (χ0n) is 11.3. The molecule has 0 aliphatic heterocycles. The van der Waals surface area contributed by atoms with Crippen molar-refractivity contribution in [3.05, 3.63) is 41.1 Å². The number of fused-ring (bicyclic) bond motifs is 1. The molecule has 108 valence electrons. The summed E-state index contributed by atoms with van der Waals surface area (Å²) in [5.74, 6) is 0.653. The van der Waals surface area contributed by atoms with Crippen LogP contribution < -0.4 is 10.1 Å². The molecule has 0 saturated carbocycles. The molecule has 2 aromatic heterocycles. The van der Waals surface area contributed by atoms with E-state index < -0.39 is 5.82 Å². The van der Waals surface area contributed by atoms with Crippen LogP contribution in [0.3, 0.4) is 0 Å². The van der Waals surface area contributed by atoms with Crippen molar-refractivity contribution in [2.45, 2.75) is 6.92 Å². The van der Waals surface area contributed by atoms with Crippen LogP contribution in [0.25, 0.3) is 5.78 Å². The van der Waals surface area contributed by atoms with Crippen molar-refractivity contribution in [2.24, 2.45) is 0 Å². The number of anilines is 2. The van der Waals surface area contributed by atoms with Crippen molar-refractivity contribution in [1.29, 1.82) is 0 Å². The molecule has 0 aliphatic carbocycles. The van der Waals surface area contributed by atoms with Crippen molar-refractivity contribution in [3.8, 4) is 5.75 Å². The lowest BCUT2D eigenvalue weighted by atomic mass is 10.2. The Labute approximate surface area is 124 Å². The molecule has 0 saturated heterocycles. The Morgan fingerprint density at radius 2 is 2.19 bits per heavy atom. The maximum absolute atomic E-state index is 13.7. The first kappa shape index (κ1) is 13.6. The van der Waals surface area contributed by atoms with Crippen LogP contribution in [0.1, 0.15) is 5.56 Å². The Balaban J connectivity index is 2.07. The fraction of sp³-hybridized carbons (Fsp3) is 0.154. The van der Waals surface area contributed by atoms with Gasteiger partial charge in [-0.2, -0.15) is 19.6 Å². The van der Waals surface area contributed by atoms with Crippen molar-refractivity contribution in [2.75, 3.05) is 12.4 Å². The Morgan fingerprint density at radius 1 is 1.38 bits per heavy atom. The molecular formula is C13H11ClFN5O. The van der Waals surface area contributed by atoms with E-state index in [1.165, 1.54) is 30.1 Å². The molecule has 0 atom stereocenters. The average molecular weight is 308 g/mol. The molecule has 2 heterocycles. The van der Waals surface area contributed by atoms with Gasteiger partial charge < -0.3 is 10.1 Å². The van der Waals surface area contributed by atoms with E-state index in [1.807, 2.05) is 0 Å². The monoisotopic (exact) mass is 307 g/mol. The van der Waals surface area contributed by atoms with Crippen LogP contribution in [0, 0.1) is 12.7 Å². The highest BCUT2D eigenvalue weighted by molar-refractivity contribution is 6.30. The Bertz CT molecular complexity index is 820. The summed E-state index contributed by atoms with van der Waals surface area (Å²) in [7, 11) is 1.41. The Morgan fingerprint density at radius 3 is 2.90 bits per heavy atom. The van der Waals surface area contributed by atoms with Gasteiger partial charge in [-0.15, -0.1) is 0 Å². The van der Waals surface area contributed by atoms with E-state index in [4.69, 9.17) is 16.3 Å². The summed E-state index contributed by atoms with van der Waals surface area (Å²) in [6.07, 6.45) is 1.37. The third-order valence-corrected chi connectivity index (χ3v) is 3.39. The van der Waals surface area contributed by atoms with Gasteiger partial charge in [-0.3, -0.25) is 0 Å². The van der Waals surface area contributed by atoms with Crippen molar-refractivity contribution in [3.63, 3.8) is 0 Å². The van der Waals surface area contributed by atoms with Crippen molar-refractivity contribution in [1.82, 2.24) is 19.6 Å². The lowest BCUT2D eigenvalue weighted by Crippen LogP contribution is -2.05. The minimum absolute atomic E-state index is 0.177. The van der Waals surface area contributed by atoms with Crippen LogP contribution in [0.5, 0.6) is 5.75 Å². The average Bonchev–Trinajstić information content (AvgIpc) is 2.92. The normalized spacial score (nSPS) is 10.9. The molecule has 1 N–H and O–H groups in total. The second-order valence-corrected chi connectivity index (χ2v) is 4.68. The standard InChI is InChI=1S/C13H11ClFN5O/c1-7-11(14)19-13-16-6-17-20(13)12(7)18-8-3-4-10(21-2)9(15)5-8/h3-6,18H,1-2H3. The fourth-order valence-corrected chi connectivity index (χ4v) is 2.09. The highest BCUT2D eigenvalue weighted by Gasteiger charge is 2.13. The third kappa shape index (κ3) is 2.36. The number of nitrogens with zero attached hydrogens (tertiary/aromatic N) is 4. The molecular weight excluding hydrogens is 297 g/mol. The van der Waals surface area contributed by atoms with Gasteiger partial charge in [0.2, 0.25) is 0 Å². The predicted molar refractivity (Wildman–Crippen MR) is 76.8 cm³/mol. The number of hydrogen-bond donors (Lipinski definition) is 1. The quantitative estimate of drug-likeness (QED) is 0.754. The van der Waals surface area contributed by atoms with E-state index in [1.54, 1.807) is 13.0 Å². The van der Waals surface area contributed by atoms with Gasteiger partial charge in [-0.1, -0.05) is 11.6 Å². The summed E-state index contributed by atoms with van der Waals surface area (Å²) in [5, 5.41) is 7.46. The molecule has 1 aromatic carbocycles. The summed E-state index contributed by atoms with van der Waals surface area (Å²) in [4.78, 5) is 8.09. The molecule has 0 unspecified atom stereocenters. The smallest absolute Gasteiger partial charge is 0.255 e. The van der Waals surface area contributed by atoms with E-state index in [9.17, 15) is 4.39 Å². The lowest BCUT2D eigenvalue weighted by molar-refractivity contribution is 0.386. The zero-order chi connectivity index (χ0) is 15.0. The maximum atomic E-state index is 13.7. The van der Waals surface area contributed by atoms with Crippen LogP contribution in [0.2, 0.25) is 5.15 Å². The first-order chi connectivity index (χ1) is 10.1. The predicted octanol–water partition coefficient (Wildman–Crippen LogP) is 2.98. The summed E-state index contributed by atoms with van der Waals surface area (Å²) < 4.78 is 20.1. The summed E-state index contributed by atoms with van der Waals surface area (Å²) in [6.45, 7) is 1.79. The lowest BCUT2D eigenvalue weighted by Gasteiger charge is -2.12. The van der Waals surface area contributed by atoms with E-state index in [2.05, 4.69) is 20.4 Å². The maximum Gasteiger partial charge on any atom is 0.255 e. The number of aromatic nitrogens is 4. The third-order valence-electron chi connectivity index (χ3n) is 3.02. The summed E-state index contributed by atoms with van der Waals surface area (Å²) >= 11 is 6.07. The highest BCUT2D eigenvalue weighted by Crippen LogP contribution is 2.27. The molecule has 3 aromatic rings. The molecule has 0 radical (unpaired) electrons. The SMILES string of the molecule is COc1ccc(Nc2c(C)c(Cl)nc3ncnn23)cc1F. The molecule has 0 fully saturated rings. The molecule has 0 aliphatic rings. The molecule has 0 amide bonds. The number of halogens is 2. The molecule has 3 rings (SSSR count). The van der Waals surface area contributed by atoms with Crippen LogP contribution in [-0.4, -0.2) is 26.7 Å². The van der Waals surface area contributed by atoms with Crippen LogP contribution >= 0.6 is 11.6 Å². The van der Waals surface area contributed by atoms with Gasteiger partial charge in [0.1, 0.15) is 17.3 Å². The van der Waals surface area contributed by atoms with Gasteiger partial charge >= 0.3 is 0 Å². The topological polar surface area (TPSA) is 64.3 Å². The largest absolute Gasteiger partial charge is 0.494 e. The van der Waals surface area contributed by atoms with Gasteiger partial charge in [0.05, 0.1) is 7.11 Å². The number of rotatable bonds is 3. The van der Waals surface area contributed by atoms with E-state index in [-0.39, 0.29) is 5.75 Å². The van der Waals surface area contributed by atoms with E-state index in [0.717, 1.165) is 0 Å². The Hall–Kier alpha value is -2.41. The minimum atomic E-state index is -0.463. The fourth-order valence-electron chi connectivity index (χ4n) is 1.93. The number of methoxy groups -OCH3 is 1. The first-order valence-electron chi connectivity index (χ1n) is 6.06. The van der Waals surface area contributed by atoms with Crippen LogP contribution in [0.15, 0.2) is 24.5 Å². The van der Waals surface area contributed by atoms with Crippen molar-refractivity contribution < 1.29 is 9.13 Å². The molecule has 0 spiro atoms. The molecule has 6 nitrogen and oxygen atoms in total. The minimum Gasteiger partial charge on any atom is -0.494 e. The molecule has 0 bridgehead atoms. The second kappa shape index (κ2) is 5.17. The van der Waals surface area contributed by atoms with Gasteiger partial charge in [0, 0.05) is 17.3 Å². The van der Waals surface area contributed by atoms with E-state index in [0.29, 0.717) is 28.0 Å². The van der Waals surface area contributed by atoms with Crippen LogP contribution in [-0.2, 0) is 0 Å². The first-order valence-corrected chi connectivity index (χ1v) is 6.44.